The smallest absolute Gasteiger partial charge is 0.446 e. The Labute approximate surface area is 208 Å². The molecule has 2 heterocycles. The summed E-state index contributed by atoms with van der Waals surface area (Å²) in [5.41, 5.74) is 2.05. The first-order valence-electron chi connectivity index (χ1n) is 10.2. The number of aromatic nitrogens is 4. The zero-order valence-corrected chi connectivity index (χ0v) is 19.9. The molecule has 0 atom stereocenters. The van der Waals surface area contributed by atoms with Gasteiger partial charge in [0.2, 0.25) is 5.82 Å². The molecule has 0 aliphatic carbocycles. The first kappa shape index (κ1) is 22.7. The third kappa shape index (κ3) is 4.27. The van der Waals surface area contributed by atoms with Crippen molar-refractivity contribution in [1.82, 2.24) is 19.9 Å². The van der Waals surface area contributed by atoms with Gasteiger partial charge in [-0.25, -0.2) is 9.36 Å². The van der Waals surface area contributed by atoms with Gasteiger partial charge in [-0.05, 0) is 54.6 Å². The highest BCUT2D eigenvalue weighted by molar-refractivity contribution is 6.30. The van der Waals surface area contributed by atoms with E-state index in [1.807, 2.05) is 0 Å². The van der Waals surface area contributed by atoms with E-state index in [9.17, 15) is 4.79 Å². The van der Waals surface area contributed by atoms with Gasteiger partial charge in [0.25, 0.3) is 5.89 Å². The highest BCUT2D eigenvalue weighted by Gasteiger charge is 2.24. The summed E-state index contributed by atoms with van der Waals surface area (Å²) in [6.45, 7) is 0. The predicted molar refractivity (Wildman–Crippen MR) is 129 cm³/mol. The van der Waals surface area contributed by atoms with Crippen molar-refractivity contribution >= 4 is 23.2 Å². The third-order valence-electron chi connectivity index (χ3n) is 5.21. The molecule has 0 unspecified atom stereocenters. The molecule has 0 aliphatic heterocycles. The number of rotatable bonds is 6. The van der Waals surface area contributed by atoms with Crippen LogP contribution >= 0.6 is 23.2 Å². The highest BCUT2D eigenvalue weighted by atomic mass is 35.5. The molecule has 0 aliphatic rings. The molecule has 0 saturated heterocycles. The molecule has 0 N–H and O–H groups in total. The van der Waals surface area contributed by atoms with Crippen LogP contribution in [0.2, 0.25) is 10.0 Å². The molecular weight excluding hydrogens is 495 g/mol. The van der Waals surface area contributed by atoms with Gasteiger partial charge in [-0.1, -0.05) is 33.5 Å². The molecule has 176 valence electrons. The Morgan fingerprint density at radius 3 is 2.03 bits per heavy atom. The molecule has 35 heavy (non-hydrogen) atoms. The van der Waals surface area contributed by atoms with Gasteiger partial charge >= 0.3 is 5.76 Å². The Balaban J connectivity index is 1.72. The second kappa shape index (κ2) is 9.28. The van der Waals surface area contributed by atoms with Crippen molar-refractivity contribution in [2.24, 2.45) is 0 Å². The van der Waals surface area contributed by atoms with E-state index < -0.39 is 5.76 Å². The summed E-state index contributed by atoms with van der Waals surface area (Å²) in [6, 6.07) is 17.1. The summed E-state index contributed by atoms with van der Waals surface area (Å²) in [7, 11) is 2.99. The van der Waals surface area contributed by atoms with E-state index in [0.717, 1.165) is 0 Å². The standard InChI is InChI=1S/C24H16Cl2N4O5/c1-32-19-11-17(23-27-21(28-34-23)13-3-7-15(25)8-4-13)18(12-20(19)33-2)30-22(29-35-24(30)31)14-5-9-16(26)10-6-14/h3-12H,1-2H3. The number of benzene rings is 3. The number of halogens is 2. The molecule has 5 rings (SSSR count). The Hall–Kier alpha value is -4.08. The maximum Gasteiger partial charge on any atom is 0.446 e. The van der Waals surface area contributed by atoms with Crippen LogP contribution in [0.1, 0.15) is 0 Å². The van der Waals surface area contributed by atoms with Crippen LogP contribution in [0.4, 0.5) is 0 Å². The molecule has 3 aromatic carbocycles. The van der Waals surface area contributed by atoms with E-state index in [0.29, 0.717) is 49.7 Å². The quantitative estimate of drug-likeness (QED) is 0.293. The van der Waals surface area contributed by atoms with Crippen molar-refractivity contribution in [2.45, 2.75) is 0 Å². The topological polar surface area (TPSA) is 105 Å². The van der Waals surface area contributed by atoms with Crippen molar-refractivity contribution in [3.05, 3.63) is 81.3 Å². The average molecular weight is 511 g/mol. The number of nitrogens with zero attached hydrogens (tertiary/aromatic N) is 4. The van der Waals surface area contributed by atoms with Crippen LogP contribution in [0.3, 0.4) is 0 Å². The summed E-state index contributed by atoms with van der Waals surface area (Å²) in [6.07, 6.45) is 0. The summed E-state index contributed by atoms with van der Waals surface area (Å²) < 4.78 is 22.8. The van der Waals surface area contributed by atoms with Crippen LogP contribution in [0.5, 0.6) is 11.5 Å². The lowest BCUT2D eigenvalue weighted by atomic mass is 10.1. The van der Waals surface area contributed by atoms with Crippen LogP contribution < -0.4 is 15.2 Å². The minimum Gasteiger partial charge on any atom is -0.493 e. The lowest BCUT2D eigenvalue weighted by Gasteiger charge is -2.14. The number of ether oxygens (including phenoxy) is 2. The van der Waals surface area contributed by atoms with E-state index >= 15 is 0 Å². The molecule has 11 heteroatoms. The molecule has 0 fully saturated rings. The van der Waals surface area contributed by atoms with Crippen molar-refractivity contribution in [1.29, 1.82) is 0 Å². The summed E-state index contributed by atoms with van der Waals surface area (Å²) >= 11 is 12.0. The zero-order chi connectivity index (χ0) is 24.5. The molecule has 0 bridgehead atoms. The Morgan fingerprint density at radius 1 is 0.800 bits per heavy atom. The molecule has 0 amide bonds. The highest BCUT2D eigenvalue weighted by Crippen LogP contribution is 2.38. The molecule has 9 nitrogen and oxygen atoms in total. The number of methoxy groups -OCH3 is 2. The van der Waals surface area contributed by atoms with E-state index in [4.69, 9.17) is 41.7 Å². The average Bonchev–Trinajstić information content (AvgIpc) is 3.51. The van der Waals surface area contributed by atoms with Crippen LogP contribution in [-0.2, 0) is 0 Å². The Morgan fingerprint density at radius 2 is 1.40 bits per heavy atom. The fraction of sp³-hybridized carbons (Fsp3) is 0.0833. The van der Waals surface area contributed by atoms with Gasteiger partial charge in [-0.15, -0.1) is 0 Å². The van der Waals surface area contributed by atoms with E-state index in [1.54, 1.807) is 60.7 Å². The normalized spacial score (nSPS) is 11.0. The maximum atomic E-state index is 12.8. The first-order chi connectivity index (χ1) is 17.0. The first-order valence-corrected chi connectivity index (χ1v) is 10.9. The van der Waals surface area contributed by atoms with Gasteiger partial charge in [0.1, 0.15) is 0 Å². The van der Waals surface area contributed by atoms with E-state index in [2.05, 4.69) is 15.3 Å². The lowest BCUT2D eigenvalue weighted by molar-refractivity contribution is 0.354. The van der Waals surface area contributed by atoms with E-state index in [1.165, 1.54) is 18.8 Å². The SMILES string of the molecule is COc1cc(-c2nc(-c3ccc(Cl)cc3)no2)c(-n2c(-c3ccc(Cl)cc3)noc2=O)cc1OC. The fourth-order valence-corrected chi connectivity index (χ4v) is 3.77. The third-order valence-corrected chi connectivity index (χ3v) is 5.71. The summed E-state index contributed by atoms with van der Waals surface area (Å²) in [5.74, 6) is 0.779. The zero-order valence-electron chi connectivity index (χ0n) is 18.4. The molecule has 0 saturated carbocycles. The van der Waals surface area contributed by atoms with Crippen LogP contribution in [0.15, 0.2) is 74.5 Å². The summed E-state index contributed by atoms with van der Waals surface area (Å²) in [5, 5.41) is 9.18. The molecular formula is C24H16Cl2N4O5. The van der Waals surface area contributed by atoms with Crippen LogP contribution in [0, 0.1) is 0 Å². The number of hydrogen-bond acceptors (Lipinski definition) is 8. The van der Waals surface area contributed by atoms with Gasteiger partial charge < -0.3 is 14.0 Å². The van der Waals surface area contributed by atoms with Crippen molar-refractivity contribution < 1.29 is 18.5 Å². The second-order valence-electron chi connectivity index (χ2n) is 7.27. The molecule has 5 aromatic rings. The van der Waals surface area contributed by atoms with E-state index in [-0.39, 0.29) is 11.7 Å². The second-order valence-corrected chi connectivity index (χ2v) is 8.14. The number of hydrogen-bond donors (Lipinski definition) is 0. The van der Waals surface area contributed by atoms with Crippen LogP contribution in [0.25, 0.3) is 39.9 Å². The van der Waals surface area contributed by atoms with Gasteiger partial charge in [0.15, 0.2) is 17.3 Å². The largest absolute Gasteiger partial charge is 0.493 e. The van der Waals surface area contributed by atoms with Gasteiger partial charge in [0, 0.05) is 27.2 Å². The van der Waals surface area contributed by atoms with Crippen LogP contribution in [-0.4, -0.2) is 34.1 Å². The minimum atomic E-state index is -0.721. The predicted octanol–water partition coefficient (Wildman–Crippen LogP) is 5.53. The van der Waals surface area contributed by atoms with Gasteiger partial charge in [-0.2, -0.15) is 4.98 Å². The van der Waals surface area contributed by atoms with Crippen molar-refractivity contribution in [3.63, 3.8) is 0 Å². The Kier molecular flexibility index (Phi) is 6.02. The Bertz CT molecular complexity index is 1560. The molecule has 0 radical (unpaired) electrons. The molecule has 2 aromatic heterocycles. The summed E-state index contributed by atoms with van der Waals surface area (Å²) in [4.78, 5) is 17.4. The molecule has 0 spiro atoms. The van der Waals surface area contributed by atoms with Crippen molar-refractivity contribution in [2.75, 3.05) is 14.2 Å². The monoisotopic (exact) mass is 510 g/mol. The minimum absolute atomic E-state index is 0.140. The maximum absolute atomic E-state index is 12.8. The van der Waals surface area contributed by atoms with Gasteiger partial charge in [-0.3, -0.25) is 4.52 Å². The fourth-order valence-electron chi connectivity index (χ4n) is 3.52. The van der Waals surface area contributed by atoms with Gasteiger partial charge in [0.05, 0.1) is 25.5 Å². The lowest BCUT2D eigenvalue weighted by Crippen LogP contribution is -2.14. The van der Waals surface area contributed by atoms with Crippen molar-refractivity contribution in [3.8, 4) is 51.4 Å².